The Morgan fingerprint density at radius 1 is 1.20 bits per heavy atom. The van der Waals surface area contributed by atoms with E-state index in [0.29, 0.717) is 16.7 Å². The molecule has 7 nitrogen and oxygen atoms in total. The van der Waals surface area contributed by atoms with Crippen LogP contribution >= 0.6 is 11.8 Å². The summed E-state index contributed by atoms with van der Waals surface area (Å²) in [6, 6.07) is 3.43. The van der Waals surface area contributed by atoms with Gasteiger partial charge in [-0.1, -0.05) is 11.8 Å². The van der Waals surface area contributed by atoms with E-state index in [4.69, 9.17) is 5.11 Å². The minimum Gasteiger partial charge on any atom is -0.478 e. The molecule has 0 spiro atoms. The highest BCUT2D eigenvalue weighted by molar-refractivity contribution is 7.98. The van der Waals surface area contributed by atoms with Crippen LogP contribution in [-0.4, -0.2) is 49.5 Å². The molecule has 0 aromatic carbocycles. The molecule has 0 amide bonds. The summed E-state index contributed by atoms with van der Waals surface area (Å²) < 4.78 is 0. The molecule has 3 rings (SSSR count). The van der Waals surface area contributed by atoms with Crippen molar-refractivity contribution in [3.8, 4) is 11.3 Å². The van der Waals surface area contributed by atoms with Crippen LogP contribution in [0.25, 0.3) is 11.3 Å². The minimum absolute atomic E-state index is 0.140. The Morgan fingerprint density at radius 3 is 2.56 bits per heavy atom. The smallest absolute Gasteiger partial charge is 0.337 e. The molecule has 2 aromatic heterocycles. The van der Waals surface area contributed by atoms with Gasteiger partial charge < -0.3 is 15.5 Å². The van der Waals surface area contributed by atoms with Gasteiger partial charge in [-0.25, -0.2) is 14.8 Å². The summed E-state index contributed by atoms with van der Waals surface area (Å²) in [5.41, 5.74) is 1.50. The molecule has 132 valence electrons. The summed E-state index contributed by atoms with van der Waals surface area (Å²) in [5.74, 6) is -0.316. The lowest BCUT2D eigenvalue weighted by atomic mass is 9.93. The molecule has 25 heavy (non-hydrogen) atoms. The van der Waals surface area contributed by atoms with Gasteiger partial charge in [-0.3, -0.25) is 4.98 Å². The maximum absolute atomic E-state index is 11.0. The van der Waals surface area contributed by atoms with Crippen molar-refractivity contribution in [1.29, 1.82) is 0 Å². The maximum Gasteiger partial charge on any atom is 0.337 e. The third kappa shape index (κ3) is 4.26. The third-order valence-electron chi connectivity index (χ3n) is 4.27. The second-order valence-corrected chi connectivity index (χ2v) is 6.78. The number of anilines is 1. The molecular weight excluding hydrogens is 340 g/mol. The van der Waals surface area contributed by atoms with E-state index in [9.17, 15) is 9.90 Å². The quantitative estimate of drug-likeness (QED) is 0.552. The Balaban J connectivity index is 1.88. The molecule has 1 saturated carbocycles. The highest BCUT2D eigenvalue weighted by atomic mass is 32.2. The summed E-state index contributed by atoms with van der Waals surface area (Å²) in [5, 5.41) is 22.8. The van der Waals surface area contributed by atoms with Crippen LogP contribution in [0.3, 0.4) is 0 Å². The number of nitrogens with zero attached hydrogens (tertiary/aromatic N) is 3. The number of rotatable bonds is 5. The fraction of sp³-hybridized carbons (Fsp3) is 0.412. The molecule has 1 fully saturated rings. The predicted molar refractivity (Wildman–Crippen MR) is 95.9 cm³/mol. The molecule has 1 aliphatic carbocycles. The average Bonchev–Trinajstić information content (AvgIpc) is 2.63. The second kappa shape index (κ2) is 7.79. The van der Waals surface area contributed by atoms with E-state index in [1.165, 1.54) is 24.0 Å². The summed E-state index contributed by atoms with van der Waals surface area (Å²) in [4.78, 5) is 24.1. The van der Waals surface area contributed by atoms with Crippen LogP contribution < -0.4 is 5.32 Å². The normalized spacial score (nSPS) is 20.2. The van der Waals surface area contributed by atoms with Gasteiger partial charge >= 0.3 is 5.97 Å². The number of pyridine rings is 1. The van der Waals surface area contributed by atoms with Gasteiger partial charge in [-0.15, -0.1) is 0 Å². The highest BCUT2D eigenvalue weighted by Crippen LogP contribution is 2.29. The highest BCUT2D eigenvalue weighted by Gasteiger charge is 2.21. The molecule has 0 radical (unpaired) electrons. The van der Waals surface area contributed by atoms with Gasteiger partial charge in [0.15, 0.2) is 5.16 Å². The first kappa shape index (κ1) is 17.6. The lowest BCUT2D eigenvalue weighted by Gasteiger charge is -2.27. The van der Waals surface area contributed by atoms with Crippen LogP contribution in [0.1, 0.15) is 36.0 Å². The van der Waals surface area contributed by atoms with Gasteiger partial charge in [0, 0.05) is 18.4 Å². The van der Waals surface area contributed by atoms with Crippen molar-refractivity contribution in [3.63, 3.8) is 0 Å². The van der Waals surface area contributed by atoms with Crippen molar-refractivity contribution in [2.24, 2.45) is 0 Å². The Bertz CT molecular complexity index is 746. The van der Waals surface area contributed by atoms with Crippen molar-refractivity contribution < 1.29 is 15.0 Å². The second-order valence-electron chi connectivity index (χ2n) is 6.01. The number of thioether (sulfide) groups is 1. The number of aliphatic hydroxyl groups is 1. The molecule has 0 aliphatic heterocycles. The molecule has 2 aromatic rings. The summed E-state index contributed by atoms with van der Waals surface area (Å²) in [6.07, 6.45) is 8.06. The zero-order chi connectivity index (χ0) is 17.8. The van der Waals surface area contributed by atoms with E-state index in [1.807, 2.05) is 6.26 Å². The van der Waals surface area contributed by atoms with E-state index in [0.717, 1.165) is 31.2 Å². The van der Waals surface area contributed by atoms with Crippen LogP contribution in [-0.2, 0) is 0 Å². The van der Waals surface area contributed by atoms with Crippen LogP contribution in [0.15, 0.2) is 29.7 Å². The molecule has 0 atom stereocenters. The first-order valence-electron chi connectivity index (χ1n) is 8.12. The minimum atomic E-state index is -1.01. The van der Waals surface area contributed by atoms with E-state index in [-0.39, 0.29) is 17.7 Å². The molecule has 3 N–H and O–H groups in total. The molecule has 8 heteroatoms. The van der Waals surface area contributed by atoms with E-state index in [2.05, 4.69) is 20.3 Å². The topological polar surface area (TPSA) is 108 Å². The van der Waals surface area contributed by atoms with Crippen molar-refractivity contribution >= 4 is 23.5 Å². The largest absolute Gasteiger partial charge is 0.478 e. The van der Waals surface area contributed by atoms with Gasteiger partial charge in [0.25, 0.3) is 0 Å². The first-order chi connectivity index (χ1) is 12.1. The Hall–Kier alpha value is -2.19. The van der Waals surface area contributed by atoms with Gasteiger partial charge in [0.2, 0.25) is 0 Å². The number of nitrogens with one attached hydrogen (secondary N) is 1. The van der Waals surface area contributed by atoms with Crippen molar-refractivity contribution in [1.82, 2.24) is 15.0 Å². The Kier molecular flexibility index (Phi) is 5.50. The van der Waals surface area contributed by atoms with E-state index in [1.54, 1.807) is 12.3 Å². The van der Waals surface area contributed by atoms with E-state index < -0.39 is 5.97 Å². The average molecular weight is 360 g/mol. The number of hydrogen-bond acceptors (Lipinski definition) is 7. The molecular formula is C17H20N4O3S. The fourth-order valence-corrected chi connectivity index (χ4v) is 3.20. The van der Waals surface area contributed by atoms with Crippen LogP contribution in [0.4, 0.5) is 5.82 Å². The number of aliphatic hydroxyl groups excluding tert-OH is 1. The summed E-state index contributed by atoms with van der Waals surface area (Å²) >= 11 is 1.46. The van der Waals surface area contributed by atoms with Crippen LogP contribution in [0.5, 0.6) is 0 Å². The standard InChI is InChI=1S/C17H20N4O3S/c1-25-17-19-9-13(14-7-2-10(8-18-14)16(23)24)15(21-17)20-11-3-5-12(22)6-4-11/h2,7-9,11-12,22H,3-6H2,1H3,(H,23,24)(H,19,20,21). The number of aromatic carboxylic acids is 1. The molecule has 1 aliphatic rings. The number of carboxylic acid groups (broad SMARTS) is 1. The lowest BCUT2D eigenvalue weighted by molar-refractivity contribution is 0.0696. The number of carboxylic acids is 1. The summed E-state index contributed by atoms with van der Waals surface area (Å²) in [6.45, 7) is 0. The van der Waals surface area contributed by atoms with Crippen molar-refractivity contribution in [2.45, 2.75) is 43.0 Å². The molecule has 0 bridgehead atoms. The zero-order valence-corrected chi connectivity index (χ0v) is 14.7. The Labute approximate surface area is 149 Å². The number of carbonyl (C=O) groups is 1. The lowest BCUT2D eigenvalue weighted by Crippen LogP contribution is -2.28. The van der Waals surface area contributed by atoms with Crippen LogP contribution in [0, 0.1) is 0 Å². The zero-order valence-electron chi connectivity index (χ0n) is 13.8. The fourth-order valence-electron chi connectivity index (χ4n) is 2.85. The van der Waals surface area contributed by atoms with Gasteiger partial charge in [-0.2, -0.15) is 0 Å². The SMILES string of the molecule is CSc1ncc(-c2ccc(C(=O)O)cn2)c(NC2CCC(O)CC2)n1. The molecule has 2 heterocycles. The van der Waals surface area contributed by atoms with E-state index >= 15 is 0 Å². The van der Waals surface area contributed by atoms with Gasteiger partial charge in [0.1, 0.15) is 5.82 Å². The van der Waals surface area contributed by atoms with Gasteiger partial charge in [0.05, 0.1) is 22.9 Å². The van der Waals surface area contributed by atoms with Crippen LogP contribution in [0.2, 0.25) is 0 Å². The van der Waals surface area contributed by atoms with Crippen molar-refractivity contribution in [2.75, 3.05) is 11.6 Å². The molecule has 0 saturated heterocycles. The third-order valence-corrected chi connectivity index (χ3v) is 4.84. The van der Waals surface area contributed by atoms with Crippen molar-refractivity contribution in [3.05, 3.63) is 30.1 Å². The van der Waals surface area contributed by atoms with Gasteiger partial charge in [-0.05, 0) is 44.1 Å². The monoisotopic (exact) mass is 360 g/mol. The number of aromatic nitrogens is 3. The molecule has 0 unspecified atom stereocenters. The summed E-state index contributed by atoms with van der Waals surface area (Å²) in [7, 11) is 0. The Morgan fingerprint density at radius 2 is 1.96 bits per heavy atom. The maximum atomic E-state index is 11.0. The predicted octanol–water partition coefficient (Wildman–Crippen LogP) is 2.67. The number of hydrogen-bond donors (Lipinski definition) is 3. The first-order valence-corrected chi connectivity index (χ1v) is 9.34.